The minimum absolute atomic E-state index is 0.110. The molecule has 0 radical (unpaired) electrons. The number of H-pyrrole nitrogens is 1. The van der Waals surface area contributed by atoms with E-state index < -0.39 is 0 Å². The molecular weight excluding hydrogens is 318 g/mol. The van der Waals surface area contributed by atoms with Gasteiger partial charge in [0, 0.05) is 52.0 Å². The van der Waals surface area contributed by atoms with Crippen molar-refractivity contribution in [2.45, 2.75) is 19.3 Å². The van der Waals surface area contributed by atoms with Gasteiger partial charge in [0.15, 0.2) is 0 Å². The Morgan fingerprint density at radius 1 is 1.08 bits per heavy atom. The quantitative estimate of drug-likeness (QED) is 0.797. The Bertz CT molecular complexity index is 572. The zero-order valence-electron chi connectivity index (χ0n) is 15.0. The largest absolute Gasteiger partial charge is 0.379 e. The highest BCUT2D eigenvalue weighted by atomic mass is 16.5. The van der Waals surface area contributed by atoms with Crippen LogP contribution in [0.25, 0.3) is 0 Å². The first kappa shape index (κ1) is 17.0. The second kappa shape index (κ2) is 7.43. The molecule has 138 valence electrons. The number of carbonyl (C=O) groups excluding carboxylic acids is 1. The molecule has 7 heteroatoms. The van der Waals surface area contributed by atoms with Gasteiger partial charge in [0.1, 0.15) is 0 Å². The maximum absolute atomic E-state index is 13.0. The highest BCUT2D eigenvalue weighted by Gasteiger charge is 2.50. The molecule has 1 aromatic rings. The summed E-state index contributed by atoms with van der Waals surface area (Å²) in [6, 6.07) is 0. The number of hydrogen-bond donors (Lipinski definition) is 1. The highest BCUT2D eigenvalue weighted by Crippen LogP contribution is 2.40. The summed E-state index contributed by atoms with van der Waals surface area (Å²) in [7, 11) is 0. The van der Waals surface area contributed by atoms with Gasteiger partial charge in [-0.05, 0) is 31.4 Å². The van der Waals surface area contributed by atoms with Crippen LogP contribution < -0.4 is 0 Å². The molecule has 7 nitrogen and oxygen atoms in total. The van der Waals surface area contributed by atoms with E-state index in [1.54, 1.807) is 0 Å². The van der Waals surface area contributed by atoms with Crippen LogP contribution in [-0.2, 0) is 16.0 Å². The van der Waals surface area contributed by atoms with E-state index in [0.29, 0.717) is 5.91 Å². The Morgan fingerprint density at radius 3 is 2.72 bits per heavy atom. The Balaban J connectivity index is 1.26. The van der Waals surface area contributed by atoms with Crippen LogP contribution in [0.15, 0.2) is 12.4 Å². The molecule has 1 aromatic heterocycles. The lowest BCUT2D eigenvalue weighted by atomic mass is 9.85. The van der Waals surface area contributed by atoms with Gasteiger partial charge in [-0.15, -0.1) is 0 Å². The average molecular weight is 347 g/mol. The summed E-state index contributed by atoms with van der Waals surface area (Å²) in [5.74, 6) is 0.395. The summed E-state index contributed by atoms with van der Waals surface area (Å²) in [6.45, 7) is 9.40. The molecule has 4 heterocycles. The molecule has 3 saturated heterocycles. The number of carbonyl (C=O) groups is 1. The molecular formula is C18H29N5O2. The molecule has 1 unspecified atom stereocenters. The monoisotopic (exact) mass is 347 g/mol. The first-order valence-corrected chi connectivity index (χ1v) is 9.55. The first-order valence-electron chi connectivity index (χ1n) is 9.55. The van der Waals surface area contributed by atoms with Crippen molar-refractivity contribution in [3.63, 3.8) is 0 Å². The number of ether oxygens (including phenoxy) is 1. The molecule has 1 spiro atoms. The van der Waals surface area contributed by atoms with Crippen molar-refractivity contribution >= 4 is 5.91 Å². The summed E-state index contributed by atoms with van der Waals surface area (Å²) in [5, 5.41) is 6.87. The Kier molecular flexibility index (Phi) is 5.05. The van der Waals surface area contributed by atoms with E-state index >= 15 is 0 Å². The van der Waals surface area contributed by atoms with Crippen LogP contribution >= 0.6 is 0 Å². The van der Waals surface area contributed by atoms with E-state index in [0.717, 1.165) is 84.8 Å². The number of hydrogen-bond acceptors (Lipinski definition) is 5. The van der Waals surface area contributed by atoms with Crippen molar-refractivity contribution in [2.75, 3.05) is 65.6 Å². The second-order valence-electron chi connectivity index (χ2n) is 7.66. The van der Waals surface area contributed by atoms with Gasteiger partial charge in [-0.1, -0.05) is 0 Å². The summed E-state index contributed by atoms with van der Waals surface area (Å²) in [6.07, 6.45) is 6.89. The predicted octanol–water partition coefficient (Wildman–Crippen LogP) is 0.209. The van der Waals surface area contributed by atoms with Crippen molar-refractivity contribution < 1.29 is 9.53 Å². The molecule has 3 aliphatic heterocycles. The van der Waals surface area contributed by atoms with Crippen molar-refractivity contribution in [1.82, 2.24) is 24.9 Å². The zero-order valence-corrected chi connectivity index (χ0v) is 15.0. The molecule has 0 aliphatic carbocycles. The van der Waals surface area contributed by atoms with Crippen LogP contribution in [0.4, 0.5) is 0 Å². The fourth-order valence-electron chi connectivity index (χ4n) is 4.42. The molecule has 4 rings (SSSR count). The molecule has 25 heavy (non-hydrogen) atoms. The van der Waals surface area contributed by atoms with Crippen molar-refractivity contribution in [3.8, 4) is 0 Å². The highest BCUT2D eigenvalue weighted by molar-refractivity contribution is 5.85. The molecule has 3 aliphatic rings. The van der Waals surface area contributed by atoms with Crippen LogP contribution in [-0.4, -0.2) is 96.4 Å². The van der Waals surface area contributed by atoms with Gasteiger partial charge >= 0.3 is 0 Å². The third-order valence-electron chi connectivity index (χ3n) is 6.10. The molecule has 0 saturated carbocycles. The number of aromatic nitrogens is 2. The number of morpholine rings is 1. The van der Waals surface area contributed by atoms with Crippen LogP contribution in [0.2, 0.25) is 0 Å². The number of amides is 1. The van der Waals surface area contributed by atoms with Crippen molar-refractivity contribution in [2.24, 2.45) is 5.41 Å². The standard InChI is InChI=1S/C18H29N5O2/c24-17-18(2-5-22(15-18)4-1-16-13-19-20-14-16)3-6-23(17)8-7-21-9-11-25-12-10-21/h13-14H,1-12,15H2,(H,19,20). The first-order chi connectivity index (χ1) is 12.3. The molecule has 1 N–H and O–H groups in total. The summed E-state index contributed by atoms with van der Waals surface area (Å²) < 4.78 is 5.40. The van der Waals surface area contributed by atoms with E-state index in [1.165, 1.54) is 5.56 Å². The topological polar surface area (TPSA) is 64.7 Å². The number of aromatic amines is 1. The lowest BCUT2D eigenvalue weighted by Gasteiger charge is -2.29. The molecule has 1 atom stereocenters. The van der Waals surface area contributed by atoms with E-state index in [9.17, 15) is 4.79 Å². The third-order valence-corrected chi connectivity index (χ3v) is 6.10. The number of nitrogens with one attached hydrogen (secondary N) is 1. The van der Waals surface area contributed by atoms with Crippen LogP contribution in [0.1, 0.15) is 18.4 Å². The van der Waals surface area contributed by atoms with E-state index in [2.05, 4.69) is 24.9 Å². The van der Waals surface area contributed by atoms with Gasteiger partial charge in [-0.25, -0.2) is 0 Å². The molecule has 1 amide bonds. The second-order valence-corrected chi connectivity index (χ2v) is 7.66. The van der Waals surface area contributed by atoms with Crippen molar-refractivity contribution in [3.05, 3.63) is 18.0 Å². The minimum Gasteiger partial charge on any atom is -0.379 e. The average Bonchev–Trinajstić information content (AvgIpc) is 3.36. The van der Waals surface area contributed by atoms with Crippen LogP contribution in [0, 0.1) is 5.41 Å². The number of nitrogens with zero attached hydrogens (tertiary/aromatic N) is 4. The Hall–Kier alpha value is -1.44. The van der Waals surface area contributed by atoms with Gasteiger partial charge < -0.3 is 14.5 Å². The van der Waals surface area contributed by atoms with Crippen LogP contribution in [0.3, 0.4) is 0 Å². The SMILES string of the molecule is O=C1N(CCN2CCOCC2)CCC12CCN(CCc1cn[nH]c1)C2. The Labute approximate surface area is 149 Å². The van der Waals surface area contributed by atoms with E-state index in [4.69, 9.17) is 4.74 Å². The van der Waals surface area contributed by atoms with Gasteiger partial charge in [0.05, 0.1) is 24.8 Å². The van der Waals surface area contributed by atoms with E-state index in [1.807, 2.05) is 12.4 Å². The maximum Gasteiger partial charge on any atom is 0.230 e. The fourth-order valence-corrected chi connectivity index (χ4v) is 4.42. The zero-order chi connectivity index (χ0) is 17.1. The fraction of sp³-hybridized carbons (Fsp3) is 0.778. The van der Waals surface area contributed by atoms with Gasteiger partial charge in [0.2, 0.25) is 5.91 Å². The van der Waals surface area contributed by atoms with Gasteiger partial charge in [-0.2, -0.15) is 5.10 Å². The molecule has 0 bridgehead atoms. The minimum atomic E-state index is -0.110. The summed E-state index contributed by atoms with van der Waals surface area (Å²) >= 11 is 0. The molecule has 3 fully saturated rings. The number of rotatable bonds is 6. The maximum atomic E-state index is 13.0. The number of likely N-dealkylation sites (tertiary alicyclic amines) is 2. The lowest BCUT2D eigenvalue weighted by molar-refractivity contribution is -0.135. The third kappa shape index (κ3) is 3.73. The van der Waals surface area contributed by atoms with Gasteiger partial charge in [-0.3, -0.25) is 14.8 Å². The van der Waals surface area contributed by atoms with E-state index in [-0.39, 0.29) is 5.41 Å². The lowest BCUT2D eigenvalue weighted by Crippen LogP contribution is -2.43. The molecule has 0 aromatic carbocycles. The van der Waals surface area contributed by atoms with Crippen LogP contribution in [0.5, 0.6) is 0 Å². The predicted molar refractivity (Wildman–Crippen MR) is 94.2 cm³/mol. The summed E-state index contributed by atoms with van der Waals surface area (Å²) in [5.41, 5.74) is 1.13. The summed E-state index contributed by atoms with van der Waals surface area (Å²) in [4.78, 5) is 20.0. The van der Waals surface area contributed by atoms with Crippen molar-refractivity contribution in [1.29, 1.82) is 0 Å². The normalized spacial score (nSPS) is 28.5. The Morgan fingerprint density at radius 2 is 1.92 bits per heavy atom. The smallest absolute Gasteiger partial charge is 0.230 e. The van der Waals surface area contributed by atoms with Gasteiger partial charge in [0.25, 0.3) is 0 Å².